The van der Waals surface area contributed by atoms with Gasteiger partial charge >= 0.3 is 0 Å². The Hall–Kier alpha value is -0.0800. The topological polar surface area (TPSA) is 21.3 Å². The average molecular weight is 171 g/mol. The minimum Gasteiger partial charge on any atom is -0.380 e. The molecule has 0 aromatic heterocycles. The van der Waals surface area contributed by atoms with Crippen LogP contribution in [0.25, 0.3) is 0 Å². The van der Waals surface area contributed by atoms with Crippen LogP contribution in [0.3, 0.4) is 0 Å². The number of hydrogen-bond acceptors (Lipinski definition) is 2. The molecule has 0 spiro atoms. The number of hydrogen-bond donors (Lipinski definition) is 1. The lowest BCUT2D eigenvalue weighted by Gasteiger charge is -2.39. The summed E-state index contributed by atoms with van der Waals surface area (Å²) in [5.41, 5.74) is 0.419. The lowest BCUT2D eigenvalue weighted by molar-refractivity contribution is -0.100. The van der Waals surface area contributed by atoms with Gasteiger partial charge in [0.2, 0.25) is 0 Å². The van der Waals surface area contributed by atoms with E-state index in [1.165, 1.54) is 12.8 Å². The summed E-state index contributed by atoms with van der Waals surface area (Å²) < 4.78 is 5.20. The van der Waals surface area contributed by atoms with E-state index < -0.39 is 0 Å². The number of rotatable bonds is 5. The van der Waals surface area contributed by atoms with Crippen molar-refractivity contribution in [1.82, 2.24) is 5.32 Å². The van der Waals surface area contributed by atoms with Crippen molar-refractivity contribution in [2.24, 2.45) is 5.41 Å². The molecule has 1 fully saturated rings. The first-order chi connectivity index (χ1) is 5.70. The quantitative estimate of drug-likeness (QED) is 0.681. The van der Waals surface area contributed by atoms with Crippen LogP contribution in [-0.4, -0.2) is 25.8 Å². The summed E-state index contributed by atoms with van der Waals surface area (Å²) >= 11 is 0. The standard InChI is InChI=1S/C10H21NO/c1-4-9(5-2)11-6-10(3)7-12-8-10/h9,11H,4-8H2,1-3H3. The first-order valence-electron chi connectivity index (χ1n) is 5.01. The molecule has 0 radical (unpaired) electrons. The van der Waals surface area contributed by atoms with E-state index in [1.807, 2.05) is 0 Å². The van der Waals surface area contributed by atoms with Gasteiger partial charge in [0.25, 0.3) is 0 Å². The lowest BCUT2D eigenvalue weighted by Crippen LogP contribution is -2.49. The summed E-state index contributed by atoms with van der Waals surface area (Å²) in [6.45, 7) is 9.73. The zero-order valence-corrected chi connectivity index (χ0v) is 8.52. The fraction of sp³-hybridized carbons (Fsp3) is 1.00. The maximum Gasteiger partial charge on any atom is 0.0554 e. The Morgan fingerprint density at radius 3 is 2.25 bits per heavy atom. The number of ether oxygens (including phenoxy) is 1. The van der Waals surface area contributed by atoms with E-state index in [0.29, 0.717) is 11.5 Å². The van der Waals surface area contributed by atoms with Crippen molar-refractivity contribution in [3.63, 3.8) is 0 Å². The fourth-order valence-corrected chi connectivity index (χ4v) is 1.52. The molecule has 0 amide bonds. The smallest absolute Gasteiger partial charge is 0.0554 e. The van der Waals surface area contributed by atoms with E-state index >= 15 is 0 Å². The molecule has 0 aromatic rings. The van der Waals surface area contributed by atoms with Crippen molar-refractivity contribution in [3.8, 4) is 0 Å². The molecule has 0 aromatic carbocycles. The minimum atomic E-state index is 0.419. The van der Waals surface area contributed by atoms with Gasteiger partial charge in [-0.3, -0.25) is 0 Å². The molecule has 0 atom stereocenters. The van der Waals surface area contributed by atoms with E-state index in [1.54, 1.807) is 0 Å². The third-order valence-corrected chi connectivity index (χ3v) is 2.70. The number of nitrogens with one attached hydrogen (secondary N) is 1. The molecular weight excluding hydrogens is 150 g/mol. The van der Waals surface area contributed by atoms with Gasteiger partial charge in [0.1, 0.15) is 0 Å². The van der Waals surface area contributed by atoms with Gasteiger partial charge in [0.15, 0.2) is 0 Å². The van der Waals surface area contributed by atoms with E-state index in [2.05, 4.69) is 26.1 Å². The van der Waals surface area contributed by atoms with Crippen LogP contribution in [0.2, 0.25) is 0 Å². The molecule has 1 saturated heterocycles. The second kappa shape index (κ2) is 4.24. The van der Waals surface area contributed by atoms with E-state index in [4.69, 9.17) is 4.74 Å². The molecule has 0 saturated carbocycles. The molecule has 2 heteroatoms. The molecule has 1 heterocycles. The summed E-state index contributed by atoms with van der Waals surface area (Å²) in [5, 5.41) is 3.58. The Labute approximate surface area is 75.7 Å². The summed E-state index contributed by atoms with van der Waals surface area (Å²) in [5.74, 6) is 0. The highest BCUT2D eigenvalue weighted by Crippen LogP contribution is 2.25. The zero-order chi connectivity index (χ0) is 9.03. The summed E-state index contributed by atoms with van der Waals surface area (Å²) in [6, 6.07) is 0.697. The predicted octanol–water partition coefficient (Wildman–Crippen LogP) is 1.80. The minimum absolute atomic E-state index is 0.419. The van der Waals surface area contributed by atoms with E-state index in [-0.39, 0.29) is 0 Å². The second-order valence-electron chi connectivity index (χ2n) is 4.20. The van der Waals surface area contributed by atoms with Crippen LogP contribution in [0.15, 0.2) is 0 Å². The van der Waals surface area contributed by atoms with Crippen molar-refractivity contribution in [3.05, 3.63) is 0 Å². The molecule has 72 valence electrons. The molecular formula is C10H21NO. The van der Waals surface area contributed by atoms with Gasteiger partial charge < -0.3 is 10.1 Å². The van der Waals surface area contributed by atoms with Crippen molar-refractivity contribution < 1.29 is 4.74 Å². The molecule has 0 unspecified atom stereocenters. The first-order valence-corrected chi connectivity index (χ1v) is 5.01. The molecule has 0 aliphatic carbocycles. The Morgan fingerprint density at radius 1 is 1.33 bits per heavy atom. The van der Waals surface area contributed by atoms with Gasteiger partial charge in [-0.1, -0.05) is 20.8 Å². The highest BCUT2D eigenvalue weighted by molar-refractivity contribution is 4.84. The van der Waals surface area contributed by atoms with Crippen LogP contribution in [-0.2, 0) is 4.74 Å². The SMILES string of the molecule is CCC(CC)NCC1(C)COC1. The Bertz CT molecular complexity index is 128. The highest BCUT2D eigenvalue weighted by atomic mass is 16.5. The van der Waals surface area contributed by atoms with Crippen molar-refractivity contribution in [1.29, 1.82) is 0 Å². The Kier molecular flexibility index (Phi) is 3.53. The van der Waals surface area contributed by atoms with Gasteiger partial charge in [-0.05, 0) is 12.8 Å². The Balaban J connectivity index is 2.14. The maximum absolute atomic E-state index is 5.20. The zero-order valence-electron chi connectivity index (χ0n) is 8.52. The molecule has 2 nitrogen and oxygen atoms in total. The fourth-order valence-electron chi connectivity index (χ4n) is 1.52. The molecule has 1 aliphatic heterocycles. The van der Waals surface area contributed by atoms with Crippen molar-refractivity contribution in [2.45, 2.75) is 39.7 Å². The lowest BCUT2D eigenvalue weighted by atomic mass is 9.88. The van der Waals surface area contributed by atoms with Crippen LogP contribution in [0.4, 0.5) is 0 Å². The highest BCUT2D eigenvalue weighted by Gasteiger charge is 2.33. The van der Waals surface area contributed by atoms with Crippen molar-refractivity contribution in [2.75, 3.05) is 19.8 Å². The van der Waals surface area contributed by atoms with Crippen LogP contribution in [0, 0.1) is 5.41 Å². The van der Waals surface area contributed by atoms with Crippen LogP contribution in [0.5, 0.6) is 0 Å². The molecule has 1 rings (SSSR count). The molecule has 1 aliphatic rings. The third-order valence-electron chi connectivity index (χ3n) is 2.70. The van der Waals surface area contributed by atoms with Gasteiger partial charge in [0, 0.05) is 18.0 Å². The van der Waals surface area contributed by atoms with Gasteiger partial charge in [0.05, 0.1) is 13.2 Å². The van der Waals surface area contributed by atoms with Crippen LogP contribution < -0.4 is 5.32 Å². The monoisotopic (exact) mass is 171 g/mol. The summed E-state index contributed by atoms with van der Waals surface area (Å²) in [4.78, 5) is 0. The van der Waals surface area contributed by atoms with E-state index in [0.717, 1.165) is 19.8 Å². The first kappa shape index (κ1) is 10.0. The largest absolute Gasteiger partial charge is 0.380 e. The molecule has 0 bridgehead atoms. The van der Waals surface area contributed by atoms with Gasteiger partial charge in [-0.2, -0.15) is 0 Å². The van der Waals surface area contributed by atoms with Gasteiger partial charge in [-0.15, -0.1) is 0 Å². The van der Waals surface area contributed by atoms with Crippen LogP contribution in [0.1, 0.15) is 33.6 Å². The van der Waals surface area contributed by atoms with Gasteiger partial charge in [-0.25, -0.2) is 0 Å². The second-order valence-corrected chi connectivity index (χ2v) is 4.20. The predicted molar refractivity (Wildman–Crippen MR) is 51.3 cm³/mol. The van der Waals surface area contributed by atoms with Crippen LogP contribution >= 0.6 is 0 Å². The van der Waals surface area contributed by atoms with Crippen molar-refractivity contribution >= 4 is 0 Å². The Morgan fingerprint density at radius 2 is 1.92 bits per heavy atom. The maximum atomic E-state index is 5.20. The summed E-state index contributed by atoms with van der Waals surface area (Å²) in [6.07, 6.45) is 2.46. The average Bonchev–Trinajstić information content (AvgIpc) is 2.03. The summed E-state index contributed by atoms with van der Waals surface area (Å²) in [7, 11) is 0. The molecule has 1 N–H and O–H groups in total. The van der Waals surface area contributed by atoms with E-state index in [9.17, 15) is 0 Å². The normalized spacial score (nSPS) is 21.0. The molecule has 12 heavy (non-hydrogen) atoms. The third kappa shape index (κ3) is 2.46.